The summed E-state index contributed by atoms with van der Waals surface area (Å²) < 4.78 is 6.94. The summed E-state index contributed by atoms with van der Waals surface area (Å²) in [6.45, 7) is 0.209. The van der Waals surface area contributed by atoms with Crippen molar-refractivity contribution in [3.05, 3.63) is 46.9 Å². The van der Waals surface area contributed by atoms with Crippen LogP contribution in [0.4, 0.5) is 11.1 Å². The standard InChI is InChI=1S/C20H17N9O6S2/c21-19-26-25-15(35-19)8-1-3-28(4-2-8)5-9-6-36-17-12(16(31)29(17)13(9)18(32)33)24-14(30)11(27-34)10-7-37-20(22)23-10/h1-4,7,12,17,21H,5-6H2,(H5,22,23,24,30,32,33,34)/p+1/t12-,17+/m1/s1. The van der Waals surface area contributed by atoms with Crippen LogP contribution in [0.1, 0.15) is 5.69 Å². The lowest BCUT2D eigenvalue weighted by Gasteiger charge is -2.49. The molecule has 15 nitrogen and oxygen atoms in total. The van der Waals surface area contributed by atoms with E-state index in [4.69, 9.17) is 15.9 Å². The minimum atomic E-state index is -1.26. The molecule has 7 N–H and O–H groups in total. The molecule has 1 fully saturated rings. The molecule has 2 aliphatic rings. The van der Waals surface area contributed by atoms with Gasteiger partial charge in [-0.25, -0.2) is 14.3 Å². The molecule has 0 aliphatic carbocycles. The van der Waals surface area contributed by atoms with Crippen molar-refractivity contribution in [2.75, 3.05) is 17.2 Å². The molecule has 1 saturated heterocycles. The van der Waals surface area contributed by atoms with Crippen LogP contribution in [-0.2, 0) is 20.9 Å². The smallest absolute Gasteiger partial charge is 0.352 e. The number of aliphatic carboxylic acids is 1. The summed E-state index contributed by atoms with van der Waals surface area (Å²) in [7, 11) is 0. The Hall–Kier alpha value is -4.51. The van der Waals surface area contributed by atoms with E-state index in [1.54, 1.807) is 29.1 Å². The van der Waals surface area contributed by atoms with Gasteiger partial charge < -0.3 is 31.5 Å². The summed E-state index contributed by atoms with van der Waals surface area (Å²) in [5.41, 5.74) is 11.7. The number of nitrogen functional groups attached to an aromatic ring is 2. The zero-order valence-corrected chi connectivity index (χ0v) is 20.3. The number of anilines is 2. The number of thiazole rings is 1. The fourth-order valence-electron chi connectivity index (χ4n) is 3.90. The van der Waals surface area contributed by atoms with Crippen molar-refractivity contribution >= 4 is 57.7 Å². The Kier molecular flexibility index (Phi) is 6.22. The summed E-state index contributed by atoms with van der Waals surface area (Å²) in [5, 5.41) is 33.1. The number of hydrogen-bond acceptors (Lipinski definition) is 13. The van der Waals surface area contributed by atoms with Crippen LogP contribution in [0.15, 0.2) is 50.7 Å². The molecule has 37 heavy (non-hydrogen) atoms. The molecule has 0 bridgehead atoms. The number of carbonyl (C=O) groups is 3. The van der Waals surface area contributed by atoms with Crippen molar-refractivity contribution in [3.8, 4) is 11.5 Å². The molecule has 2 aliphatic heterocycles. The Morgan fingerprint density at radius 3 is 2.65 bits per heavy atom. The van der Waals surface area contributed by atoms with Crippen molar-refractivity contribution in [2.24, 2.45) is 5.16 Å². The van der Waals surface area contributed by atoms with Crippen molar-refractivity contribution < 1.29 is 33.7 Å². The number of amides is 2. The number of nitrogens with one attached hydrogen (secondary N) is 1. The molecule has 0 saturated carbocycles. The number of rotatable bonds is 7. The van der Waals surface area contributed by atoms with Crippen LogP contribution in [0.3, 0.4) is 0 Å². The Bertz CT molecular complexity index is 1460. The fourth-order valence-corrected chi connectivity index (χ4v) is 5.78. The van der Waals surface area contributed by atoms with E-state index in [1.165, 1.54) is 17.1 Å². The van der Waals surface area contributed by atoms with Crippen LogP contribution in [0.5, 0.6) is 0 Å². The molecular weight excluding hydrogens is 526 g/mol. The first-order chi connectivity index (χ1) is 17.8. The number of carboxylic acid groups (broad SMARTS) is 1. The second kappa shape index (κ2) is 9.51. The maximum atomic E-state index is 12.9. The zero-order chi connectivity index (χ0) is 26.3. The number of pyridine rings is 1. The molecule has 5 rings (SSSR count). The maximum absolute atomic E-state index is 12.9. The predicted molar refractivity (Wildman–Crippen MR) is 129 cm³/mol. The van der Waals surface area contributed by atoms with Gasteiger partial charge in [0.05, 0.1) is 5.56 Å². The van der Waals surface area contributed by atoms with Gasteiger partial charge in [0.2, 0.25) is 5.89 Å². The van der Waals surface area contributed by atoms with Crippen LogP contribution in [0.25, 0.3) is 11.5 Å². The average molecular weight is 545 g/mol. The lowest BCUT2D eigenvalue weighted by molar-refractivity contribution is -0.689. The number of hydrogen-bond donors (Lipinski definition) is 5. The topological polar surface area (TPSA) is 227 Å². The minimum Gasteiger partial charge on any atom is -0.477 e. The van der Waals surface area contributed by atoms with Crippen molar-refractivity contribution in [2.45, 2.75) is 18.0 Å². The van der Waals surface area contributed by atoms with Gasteiger partial charge in [-0.3, -0.25) is 14.5 Å². The molecule has 17 heteroatoms. The summed E-state index contributed by atoms with van der Waals surface area (Å²) in [4.78, 5) is 42.8. The van der Waals surface area contributed by atoms with Crippen LogP contribution < -0.4 is 21.4 Å². The first-order valence-electron chi connectivity index (χ1n) is 10.5. The molecule has 0 radical (unpaired) electrons. The van der Waals surface area contributed by atoms with Gasteiger partial charge in [0.25, 0.3) is 11.8 Å². The summed E-state index contributed by atoms with van der Waals surface area (Å²) in [5.74, 6) is -2.13. The Labute approximate surface area is 215 Å². The molecule has 0 aromatic carbocycles. The van der Waals surface area contributed by atoms with Crippen LogP contribution >= 0.6 is 23.1 Å². The molecule has 2 atom stereocenters. The highest BCUT2D eigenvalue weighted by Crippen LogP contribution is 2.40. The fraction of sp³-hybridized carbons (Fsp3) is 0.200. The average Bonchev–Trinajstić information content (AvgIpc) is 3.51. The number of fused-ring (bicyclic) bond motifs is 1. The highest BCUT2D eigenvalue weighted by Gasteiger charge is 2.54. The predicted octanol–water partition coefficient (Wildman–Crippen LogP) is -0.738. The first-order valence-corrected chi connectivity index (χ1v) is 12.4. The quantitative estimate of drug-likeness (QED) is 0.0815. The third kappa shape index (κ3) is 4.45. The molecule has 0 spiro atoms. The Morgan fingerprint density at radius 2 is 2.05 bits per heavy atom. The van der Waals surface area contributed by atoms with E-state index in [0.29, 0.717) is 16.9 Å². The number of carboxylic acids is 1. The number of nitrogens with two attached hydrogens (primary N) is 2. The van der Waals surface area contributed by atoms with E-state index >= 15 is 0 Å². The molecule has 2 amide bonds. The van der Waals surface area contributed by atoms with Crippen molar-refractivity contribution in [1.82, 2.24) is 25.4 Å². The van der Waals surface area contributed by atoms with Gasteiger partial charge >= 0.3 is 12.0 Å². The number of carbonyl (C=O) groups excluding carboxylic acids is 2. The molecule has 3 aromatic heterocycles. The van der Waals surface area contributed by atoms with Crippen LogP contribution in [0.2, 0.25) is 0 Å². The van der Waals surface area contributed by atoms with Gasteiger partial charge in [-0.15, -0.1) is 28.2 Å². The third-order valence-corrected chi connectivity index (χ3v) is 7.58. The SMILES string of the molecule is Nc1nnc(-c2cc[n+](CC3=C(C(=O)O)N4C(=O)[C@@H](NC(=O)C(=NO)c5csc(N)n5)[C@@H]4SC3)cc2)o1. The Morgan fingerprint density at radius 1 is 1.30 bits per heavy atom. The third-order valence-electron chi connectivity index (χ3n) is 5.57. The van der Waals surface area contributed by atoms with Gasteiger partial charge in [0.15, 0.2) is 29.8 Å². The van der Waals surface area contributed by atoms with E-state index in [0.717, 1.165) is 16.2 Å². The minimum absolute atomic E-state index is 0.0569. The number of aromatic nitrogens is 4. The van der Waals surface area contributed by atoms with E-state index in [-0.39, 0.29) is 35.0 Å². The molecule has 5 heterocycles. The molecular formula is C20H18N9O6S2+. The van der Waals surface area contributed by atoms with Crippen LogP contribution in [-0.4, -0.2) is 71.1 Å². The summed E-state index contributed by atoms with van der Waals surface area (Å²) >= 11 is 2.36. The van der Waals surface area contributed by atoms with E-state index in [1.807, 2.05) is 0 Å². The monoisotopic (exact) mass is 544 g/mol. The van der Waals surface area contributed by atoms with Gasteiger partial charge in [0.1, 0.15) is 22.8 Å². The highest BCUT2D eigenvalue weighted by molar-refractivity contribution is 8.00. The maximum Gasteiger partial charge on any atom is 0.352 e. The van der Waals surface area contributed by atoms with E-state index in [9.17, 15) is 24.7 Å². The number of thioether (sulfide) groups is 1. The lowest BCUT2D eigenvalue weighted by atomic mass is 10.0. The van der Waals surface area contributed by atoms with Gasteiger partial charge in [-0.05, 0) is 0 Å². The van der Waals surface area contributed by atoms with Crippen molar-refractivity contribution in [1.29, 1.82) is 0 Å². The van der Waals surface area contributed by atoms with Gasteiger partial charge in [-0.1, -0.05) is 10.3 Å². The lowest BCUT2D eigenvalue weighted by Crippen LogP contribution is -2.71. The van der Waals surface area contributed by atoms with Crippen molar-refractivity contribution in [3.63, 3.8) is 0 Å². The summed E-state index contributed by atoms with van der Waals surface area (Å²) in [6.07, 6.45) is 3.42. The van der Waals surface area contributed by atoms with Gasteiger partial charge in [-0.2, -0.15) is 0 Å². The van der Waals surface area contributed by atoms with E-state index < -0.39 is 34.9 Å². The normalized spacial score (nSPS) is 19.4. The zero-order valence-electron chi connectivity index (χ0n) is 18.6. The molecule has 3 aromatic rings. The molecule has 190 valence electrons. The number of β-lactam (4-membered cyclic amide) rings is 1. The highest BCUT2D eigenvalue weighted by atomic mass is 32.2. The second-order valence-electron chi connectivity index (χ2n) is 7.84. The number of oxime groups is 1. The first kappa shape index (κ1) is 24.2. The number of nitrogens with zero attached hydrogens (tertiary/aromatic N) is 6. The van der Waals surface area contributed by atoms with Gasteiger partial charge in [0, 0.05) is 28.8 Å². The molecule has 0 unspecified atom stereocenters. The van der Waals surface area contributed by atoms with Crippen LogP contribution in [0, 0.1) is 0 Å². The second-order valence-corrected chi connectivity index (χ2v) is 9.84. The Balaban J connectivity index is 1.31. The van der Waals surface area contributed by atoms with E-state index in [2.05, 4.69) is 25.7 Å². The largest absolute Gasteiger partial charge is 0.477 e. The summed E-state index contributed by atoms with van der Waals surface area (Å²) in [6, 6.07) is 2.36.